The average molecular weight is 587 g/mol. The molecule has 1 atom stereocenters. The van der Waals surface area contributed by atoms with Crippen molar-refractivity contribution in [3.05, 3.63) is 89.6 Å². The number of H-pyrrole nitrogens is 1. The number of benzene rings is 3. The molecule has 1 saturated carbocycles. The minimum atomic E-state index is -0.337. The fourth-order valence-corrected chi connectivity index (χ4v) is 7.00. The van der Waals surface area contributed by atoms with Crippen molar-refractivity contribution in [2.75, 3.05) is 31.1 Å². The smallest absolute Gasteiger partial charge is 0.188 e. The number of hydrogen-bond acceptors (Lipinski definition) is 8. The van der Waals surface area contributed by atoms with E-state index < -0.39 is 0 Å². The summed E-state index contributed by atoms with van der Waals surface area (Å²) in [4.78, 5) is 13.8. The van der Waals surface area contributed by atoms with Crippen LogP contribution in [0.25, 0.3) is 22.2 Å². The molecular weight excluding hydrogens is 555 g/mol. The molecule has 2 aliphatic heterocycles. The van der Waals surface area contributed by atoms with Gasteiger partial charge in [-0.3, -0.25) is 4.90 Å². The number of nitriles is 1. The van der Waals surface area contributed by atoms with Gasteiger partial charge in [0.2, 0.25) is 0 Å². The van der Waals surface area contributed by atoms with Gasteiger partial charge in [0.05, 0.1) is 17.8 Å². The Balaban J connectivity index is 1.03. The number of nitrogens with one attached hydrogen (secondary N) is 1. The highest BCUT2D eigenvalue weighted by Crippen LogP contribution is 2.48. The highest BCUT2D eigenvalue weighted by atomic mass is 19.1. The molecule has 1 spiro atoms. The number of aromatic amines is 1. The van der Waals surface area contributed by atoms with Gasteiger partial charge in [-0.2, -0.15) is 20.7 Å². The zero-order chi connectivity index (χ0) is 29.7. The number of nitrogens with zero attached hydrogens (tertiary/aromatic N) is 7. The Morgan fingerprint density at radius 1 is 0.955 bits per heavy atom. The summed E-state index contributed by atoms with van der Waals surface area (Å²) in [7, 11) is 0. The van der Waals surface area contributed by atoms with Crippen LogP contribution in [0.1, 0.15) is 48.3 Å². The highest BCUT2D eigenvalue weighted by molar-refractivity contribution is 5.76. The van der Waals surface area contributed by atoms with Crippen LogP contribution in [0.5, 0.6) is 11.5 Å². The van der Waals surface area contributed by atoms with Crippen LogP contribution in [0.15, 0.2) is 67.1 Å². The van der Waals surface area contributed by atoms with Crippen LogP contribution in [0.2, 0.25) is 0 Å². The molecule has 1 aliphatic carbocycles. The molecule has 3 aromatic carbocycles. The van der Waals surface area contributed by atoms with Crippen LogP contribution >= 0.6 is 0 Å². The quantitative estimate of drug-likeness (QED) is 0.240. The second-order valence-corrected chi connectivity index (χ2v) is 12.4. The maximum atomic E-state index is 14.6. The van der Waals surface area contributed by atoms with Gasteiger partial charge in [0.1, 0.15) is 28.9 Å². The Labute approximate surface area is 254 Å². The van der Waals surface area contributed by atoms with Crippen LogP contribution in [0.4, 0.5) is 10.2 Å². The lowest BCUT2D eigenvalue weighted by molar-refractivity contribution is 0.270. The normalized spacial score (nSPS) is 20.0. The summed E-state index contributed by atoms with van der Waals surface area (Å²) in [6.07, 6.45) is 7.59. The third-order valence-corrected chi connectivity index (χ3v) is 9.35. The molecule has 8 rings (SSSR count). The van der Waals surface area contributed by atoms with E-state index in [1.807, 2.05) is 18.2 Å². The van der Waals surface area contributed by atoms with Gasteiger partial charge in [0.15, 0.2) is 11.6 Å². The monoisotopic (exact) mass is 586 g/mol. The van der Waals surface area contributed by atoms with Crippen molar-refractivity contribution in [2.24, 2.45) is 5.41 Å². The zero-order valence-electron chi connectivity index (χ0n) is 24.2. The number of halogens is 1. The highest BCUT2D eigenvalue weighted by Gasteiger charge is 2.44. The molecule has 3 fully saturated rings. The van der Waals surface area contributed by atoms with E-state index in [1.54, 1.807) is 24.7 Å². The molecule has 1 unspecified atom stereocenters. The maximum Gasteiger partial charge on any atom is 0.188 e. The molecule has 0 radical (unpaired) electrons. The number of fused-ring (bicyclic) bond motifs is 1. The number of rotatable bonds is 7. The molecule has 44 heavy (non-hydrogen) atoms. The van der Waals surface area contributed by atoms with Gasteiger partial charge in [0.25, 0.3) is 0 Å². The minimum absolute atomic E-state index is 0.183. The second-order valence-electron chi connectivity index (χ2n) is 12.4. The summed E-state index contributed by atoms with van der Waals surface area (Å²) in [5.41, 5.74) is 6.44. The Bertz CT molecular complexity index is 1910. The van der Waals surface area contributed by atoms with Crippen molar-refractivity contribution in [3.63, 3.8) is 0 Å². The molecule has 10 heteroatoms. The zero-order valence-corrected chi connectivity index (χ0v) is 24.2. The molecule has 1 N–H and O–H groups in total. The Kier molecular flexibility index (Phi) is 6.49. The summed E-state index contributed by atoms with van der Waals surface area (Å²) < 4.78 is 21.2. The third-order valence-electron chi connectivity index (χ3n) is 9.35. The first-order chi connectivity index (χ1) is 21.6. The van der Waals surface area contributed by atoms with E-state index in [4.69, 9.17) is 4.74 Å². The van der Waals surface area contributed by atoms with E-state index in [2.05, 4.69) is 53.4 Å². The summed E-state index contributed by atoms with van der Waals surface area (Å²) >= 11 is 0. The lowest BCUT2D eigenvalue weighted by Gasteiger charge is -2.26. The van der Waals surface area contributed by atoms with Crippen LogP contribution in [0.3, 0.4) is 0 Å². The molecule has 0 amide bonds. The number of anilines is 1. The Hall–Kier alpha value is -4.88. The third kappa shape index (κ3) is 5.03. The first-order valence-electron chi connectivity index (χ1n) is 15.1. The fourth-order valence-electron chi connectivity index (χ4n) is 7.00. The number of aromatic nitrogens is 5. The fraction of sp³-hybridized carbons (Fsp3) is 0.324. The second kappa shape index (κ2) is 10.7. The van der Waals surface area contributed by atoms with E-state index in [9.17, 15) is 9.65 Å². The van der Waals surface area contributed by atoms with E-state index in [-0.39, 0.29) is 11.2 Å². The van der Waals surface area contributed by atoms with Crippen molar-refractivity contribution >= 4 is 16.9 Å². The van der Waals surface area contributed by atoms with Gasteiger partial charge in [-0.25, -0.2) is 14.4 Å². The van der Waals surface area contributed by atoms with Gasteiger partial charge in [-0.1, -0.05) is 12.1 Å². The van der Waals surface area contributed by atoms with Crippen molar-refractivity contribution in [3.8, 4) is 28.7 Å². The topological polar surface area (TPSA) is 107 Å². The molecule has 3 aliphatic rings. The molecule has 4 heterocycles. The van der Waals surface area contributed by atoms with Crippen LogP contribution < -0.4 is 9.64 Å². The molecule has 2 saturated heterocycles. The van der Waals surface area contributed by atoms with Gasteiger partial charge in [-0.15, -0.1) is 0 Å². The summed E-state index contributed by atoms with van der Waals surface area (Å²) in [6.45, 7) is 4.72. The van der Waals surface area contributed by atoms with E-state index in [0.717, 1.165) is 86.4 Å². The first-order valence-corrected chi connectivity index (χ1v) is 15.1. The van der Waals surface area contributed by atoms with Crippen molar-refractivity contribution in [2.45, 2.75) is 38.1 Å². The van der Waals surface area contributed by atoms with Crippen molar-refractivity contribution < 1.29 is 9.13 Å². The Morgan fingerprint density at radius 2 is 1.84 bits per heavy atom. The lowest BCUT2D eigenvalue weighted by Crippen LogP contribution is -2.31. The van der Waals surface area contributed by atoms with Gasteiger partial charge in [-0.05, 0) is 97.3 Å². The van der Waals surface area contributed by atoms with E-state index in [0.29, 0.717) is 28.5 Å². The van der Waals surface area contributed by atoms with Crippen molar-refractivity contribution in [1.29, 1.82) is 5.26 Å². The molecule has 220 valence electrons. The average Bonchev–Trinajstić information content (AvgIpc) is 3.45. The predicted octanol–water partition coefficient (Wildman–Crippen LogP) is 6.20. The summed E-state index contributed by atoms with van der Waals surface area (Å²) in [6, 6.07) is 18.7. The number of ether oxygens (including phenoxy) is 1. The van der Waals surface area contributed by atoms with Crippen LogP contribution in [-0.2, 0) is 6.54 Å². The lowest BCUT2D eigenvalue weighted by atomic mass is 9.86. The standard InChI is InChI=1S/C34H31FN8O/c35-25-5-8-31(28(15-25)26-6-1-22(16-36)13-27(26)24-3-4-24)44-32-17-37-21-38-33(32)43-12-10-34(20-43)9-11-42(19-34)18-23-2-7-29-30(14-23)40-41-39-29/h1-2,5-8,13-15,17,21,24H,3-4,9-12,18-20H2,(H,39,40,41). The molecule has 0 bridgehead atoms. The van der Waals surface area contributed by atoms with Gasteiger partial charge >= 0.3 is 0 Å². The molecule has 9 nitrogen and oxygen atoms in total. The molecule has 2 aromatic heterocycles. The van der Waals surface area contributed by atoms with Crippen LogP contribution in [-0.4, -0.2) is 56.5 Å². The predicted molar refractivity (Wildman–Crippen MR) is 164 cm³/mol. The van der Waals surface area contributed by atoms with E-state index in [1.165, 1.54) is 17.7 Å². The minimum Gasteiger partial charge on any atom is -0.451 e. The maximum absolute atomic E-state index is 14.6. The number of hydrogen-bond donors (Lipinski definition) is 1. The van der Waals surface area contributed by atoms with Gasteiger partial charge in [0, 0.05) is 37.2 Å². The largest absolute Gasteiger partial charge is 0.451 e. The first kappa shape index (κ1) is 26.7. The molecular formula is C34H31FN8O. The SMILES string of the molecule is N#Cc1ccc(-c2cc(F)ccc2Oc2cncnc2N2CCC3(CCN(Cc4ccc5n[nH]nc5c4)C3)C2)c(C2CC2)c1. The summed E-state index contributed by atoms with van der Waals surface area (Å²) in [5.74, 6) is 1.89. The summed E-state index contributed by atoms with van der Waals surface area (Å²) in [5, 5.41) is 20.6. The van der Waals surface area contributed by atoms with Crippen molar-refractivity contribution in [1.82, 2.24) is 30.3 Å². The molecule has 5 aromatic rings. The van der Waals surface area contributed by atoms with Gasteiger partial charge < -0.3 is 9.64 Å². The van der Waals surface area contributed by atoms with E-state index >= 15 is 0 Å². The Morgan fingerprint density at radius 3 is 2.73 bits per heavy atom. The number of likely N-dealkylation sites (tertiary alicyclic amines) is 1. The van der Waals surface area contributed by atoms with Crippen LogP contribution in [0, 0.1) is 22.6 Å².